The Kier molecular flexibility index (Phi) is 4.31. The Morgan fingerprint density at radius 2 is 1.52 bits per heavy atom. The lowest BCUT2D eigenvalue weighted by atomic mass is 10.0. The number of hydrogen-bond acceptors (Lipinski definition) is 2. The summed E-state index contributed by atoms with van der Waals surface area (Å²) < 4.78 is 88.4. The molecule has 10 heteroatoms. The Balaban J connectivity index is 2.43. The summed E-state index contributed by atoms with van der Waals surface area (Å²) in [7, 11) is -4.30. The fourth-order valence-electron chi connectivity index (χ4n) is 1.84. The predicted octanol–water partition coefficient (Wildman–Crippen LogP) is 3.27. The summed E-state index contributed by atoms with van der Waals surface area (Å²) in [5.74, 6) is -2.16. The molecule has 0 aliphatic carbocycles. The van der Waals surface area contributed by atoms with Crippen molar-refractivity contribution in [3.63, 3.8) is 0 Å². The number of nitrogens with two attached hydrogens (primary N) is 1. The maximum Gasteiger partial charge on any atom is 0.416 e. The summed E-state index contributed by atoms with van der Waals surface area (Å²) in [6, 6.07) is 4.62. The second-order valence-electron chi connectivity index (χ2n) is 4.53. The molecule has 0 aliphatic rings. The summed E-state index contributed by atoms with van der Waals surface area (Å²) in [5, 5.41) is 4.66. The van der Waals surface area contributed by atoms with Crippen LogP contribution in [0.4, 0.5) is 27.6 Å². The van der Waals surface area contributed by atoms with E-state index in [0.717, 1.165) is 24.3 Å². The maximum absolute atomic E-state index is 14.0. The standard InChI is InChI=1S/C13H9F5N2O2S/c14-10-6-12(20-23(19,21)22)11(15)5-9(10)7-1-3-8(4-2-7)13(16,17)18/h1-6,20H,(H2,19,21,22). The molecule has 4 nitrogen and oxygen atoms in total. The molecule has 0 aromatic heterocycles. The lowest BCUT2D eigenvalue weighted by Gasteiger charge is -2.10. The molecule has 23 heavy (non-hydrogen) atoms. The van der Waals surface area contributed by atoms with E-state index >= 15 is 0 Å². The van der Waals surface area contributed by atoms with Gasteiger partial charge in [0.1, 0.15) is 11.6 Å². The molecule has 0 saturated carbocycles. The molecular weight excluding hydrogens is 343 g/mol. The number of anilines is 1. The zero-order chi connectivity index (χ0) is 17.4. The molecule has 0 unspecified atom stereocenters. The van der Waals surface area contributed by atoms with Crippen molar-refractivity contribution in [3.8, 4) is 11.1 Å². The minimum Gasteiger partial charge on any atom is -0.268 e. The molecular formula is C13H9F5N2O2S. The highest BCUT2D eigenvalue weighted by Crippen LogP contribution is 2.32. The fourth-order valence-corrected chi connectivity index (χ4v) is 2.30. The van der Waals surface area contributed by atoms with Gasteiger partial charge in [0.05, 0.1) is 11.3 Å². The molecule has 0 saturated heterocycles. The van der Waals surface area contributed by atoms with Crippen LogP contribution in [0.15, 0.2) is 36.4 Å². The topological polar surface area (TPSA) is 72.2 Å². The van der Waals surface area contributed by atoms with Gasteiger partial charge in [0.25, 0.3) is 10.2 Å². The molecule has 124 valence electrons. The third-order valence-corrected chi connectivity index (χ3v) is 3.34. The first-order valence-electron chi connectivity index (χ1n) is 5.94. The van der Waals surface area contributed by atoms with Crippen LogP contribution in [0.5, 0.6) is 0 Å². The highest BCUT2D eigenvalue weighted by Gasteiger charge is 2.30. The lowest BCUT2D eigenvalue weighted by molar-refractivity contribution is -0.137. The molecule has 0 radical (unpaired) electrons. The molecule has 0 amide bonds. The second kappa shape index (κ2) is 5.78. The molecule has 2 rings (SSSR count). The van der Waals surface area contributed by atoms with Crippen molar-refractivity contribution in [2.24, 2.45) is 5.14 Å². The molecule has 0 atom stereocenters. The van der Waals surface area contributed by atoms with Crippen LogP contribution in [0.25, 0.3) is 11.1 Å². The first kappa shape index (κ1) is 17.2. The van der Waals surface area contributed by atoms with Crippen molar-refractivity contribution in [1.82, 2.24) is 0 Å². The molecule has 2 aromatic rings. The molecule has 0 spiro atoms. The van der Waals surface area contributed by atoms with Crippen LogP contribution in [0, 0.1) is 11.6 Å². The monoisotopic (exact) mass is 352 g/mol. The average molecular weight is 352 g/mol. The van der Waals surface area contributed by atoms with Crippen molar-refractivity contribution in [2.75, 3.05) is 4.72 Å². The highest BCUT2D eigenvalue weighted by molar-refractivity contribution is 7.90. The van der Waals surface area contributed by atoms with Gasteiger partial charge in [-0.15, -0.1) is 0 Å². The zero-order valence-electron chi connectivity index (χ0n) is 11.2. The van der Waals surface area contributed by atoms with E-state index < -0.39 is 39.3 Å². The Morgan fingerprint density at radius 3 is 2.00 bits per heavy atom. The zero-order valence-corrected chi connectivity index (χ0v) is 12.0. The van der Waals surface area contributed by atoms with Crippen LogP contribution in [0.2, 0.25) is 0 Å². The molecule has 0 bridgehead atoms. The van der Waals surface area contributed by atoms with Gasteiger partial charge in [-0.2, -0.15) is 21.6 Å². The molecule has 2 aromatic carbocycles. The van der Waals surface area contributed by atoms with E-state index in [0.29, 0.717) is 12.1 Å². The number of nitrogens with one attached hydrogen (secondary N) is 1. The van der Waals surface area contributed by atoms with Crippen LogP contribution in [0.3, 0.4) is 0 Å². The Hall–Kier alpha value is -2.20. The Labute approximate surface area is 127 Å². The van der Waals surface area contributed by atoms with E-state index in [1.807, 2.05) is 0 Å². The van der Waals surface area contributed by atoms with Crippen molar-refractivity contribution in [2.45, 2.75) is 6.18 Å². The van der Waals surface area contributed by atoms with Gasteiger partial charge in [0.2, 0.25) is 0 Å². The first-order chi connectivity index (χ1) is 10.5. The van der Waals surface area contributed by atoms with Gasteiger partial charge in [-0.3, -0.25) is 4.72 Å². The van der Waals surface area contributed by atoms with Gasteiger partial charge in [0, 0.05) is 11.6 Å². The number of benzene rings is 2. The molecule has 3 N–H and O–H groups in total. The number of halogens is 5. The Morgan fingerprint density at radius 1 is 0.957 bits per heavy atom. The number of rotatable bonds is 3. The summed E-state index contributed by atoms with van der Waals surface area (Å²) in [4.78, 5) is 0. The van der Waals surface area contributed by atoms with Crippen molar-refractivity contribution >= 4 is 15.9 Å². The van der Waals surface area contributed by atoms with Crippen LogP contribution in [0.1, 0.15) is 5.56 Å². The summed E-state index contributed by atoms with van der Waals surface area (Å²) in [6.07, 6.45) is -4.55. The highest BCUT2D eigenvalue weighted by atomic mass is 32.2. The van der Waals surface area contributed by atoms with E-state index in [2.05, 4.69) is 5.14 Å². The minimum atomic E-state index is -4.55. The fraction of sp³-hybridized carbons (Fsp3) is 0.0769. The second-order valence-corrected chi connectivity index (χ2v) is 5.83. The smallest absolute Gasteiger partial charge is 0.268 e. The minimum absolute atomic E-state index is 0.00319. The van der Waals surface area contributed by atoms with Crippen LogP contribution in [-0.4, -0.2) is 8.42 Å². The van der Waals surface area contributed by atoms with Gasteiger partial charge in [-0.1, -0.05) is 12.1 Å². The quantitative estimate of drug-likeness (QED) is 0.833. The Bertz CT molecular complexity index is 833. The summed E-state index contributed by atoms with van der Waals surface area (Å²) in [5.41, 5.74) is -1.97. The molecule has 0 heterocycles. The van der Waals surface area contributed by atoms with Gasteiger partial charge in [-0.25, -0.2) is 13.9 Å². The van der Waals surface area contributed by atoms with E-state index in [9.17, 15) is 30.4 Å². The van der Waals surface area contributed by atoms with E-state index in [1.54, 1.807) is 4.72 Å². The predicted molar refractivity (Wildman–Crippen MR) is 73.5 cm³/mol. The van der Waals surface area contributed by atoms with Gasteiger partial charge < -0.3 is 0 Å². The van der Waals surface area contributed by atoms with Crippen LogP contribution < -0.4 is 9.86 Å². The molecule has 0 aliphatic heterocycles. The van der Waals surface area contributed by atoms with E-state index in [-0.39, 0.29) is 11.1 Å². The third-order valence-electron chi connectivity index (χ3n) is 2.83. The van der Waals surface area contributed by atoms with E-state index in [1.165, 1.54) is 0 Å². The van der Waals surface area contributed by atoms with Crippen molar-refractivity contribution < 1.29 is 30.4 Å². The maximum atomic E-state index is 14.0. The average Bonchev–Trinajstić information content (AvgIpc) is 2.40. The number of alkyl halides is 3. The van der Waals surface area contributed by atoms with Crippen molar-refractivity contribution in [1.29, 1.82) is 0 Å². The number of hydrogen-bond donors (Lipinski definition) is 2. The van der Waals surface area contributed by atoms with Crippen LogP contribution in [-0.2, 0) is 16.4 Å². The van der Waals surface area contributed by atoms with Gasteiger partial charge in [0.15, 0.2) is 0 Å². The normalized spacial score (nSPS) is 12.3. The van der Waals surface area contributed by atoms with E-state index in [4.69, 9.17) is 0 Å². The third kappa shape index (κ3) is 4.17. The lowest BCUT2D eigenvalue weighted by Crippen LogP contribution is -2.22. The van der Waals surface area contributed by atoms with Crippen molar-refractivity contribution in [3.05, 3.63) is 53.6 Å². The summed E-state index contributed by atoms with van der Waals surface area (Å²) >= 11 is 0. The van der Waals surface area contributed by atoms with Gasteiger partial charge >= 0.3 is 6.18 Å². The summed E-state index contributed by atoms with van der Waals surface area (Å²) in [6.45, 7) is 0. The largest absolute Gasteiger partial charge is 0.416 e. The SMILES string of the molecule is NS(=O)(=O)Nc1cc(F)c(-c2ccc(C(F)(F)F)cc2)cc1F. The van der Waals surface area contributed by atoms with Gasteiger partial charge in [-0.05, 0) is 23.8 Å². The first-order valence-corrected chi connectivity index (χ1v) is 7.49. The molecule has 0 fully saturated rings. The van der Waals surface area contributed by atoms with Crippen LogP contribution >= 0.6 is 0 Å².